The summed E-state index contributed by atoms with van der Waals surface area (Å²) >= 11 is 11.8. The Morgan fingerprint density at radius 3 is 2.12 bits per heavy atom. The Bertz CT molecular complexity index is 1230. The molecule has 0 saturated heterocycles. The molecule has 0 radical (unpaired) electrons. The van der Waals surface area contributed by atoms with Crippen LogP contribution in [0, 0.1) is 13.8 Å². The van der Waals surface area contributed by atoms with Crippen LogP contribution in [0.2, 0.25) is 10.0 Å². The Morgan fingerprint density at radius 1 is 0.906 bits per heavy atom. The van der Waals surface area contributed by atoms with Crippen molar-refractivity contribution in [2.24, 2.45) is 0 Å². The third-order valence-corrected chi connectivity index (χ3v) is 6.38. The molecule has 0 aliphatic carbocycles. The zero-order chi connectivity index (χ0) is 23.5. The molecule has 6 nitrogen and oxygen atoms in total. The molecule has 0 aliphatic rings. The minimum atomic E-state index is -3.86. The Labute approximate surface area is 197 Å². The van der Waals surface area contributed by atoms with Gasteiger partial charge < -0.3 is 10.1 Å². The van der Waals surface area contributed by atoms with E-state index < -0.39 is 16.1 Å². The molecular weight excluding hydrogens is 471 g/mol. The molecule has 0 aliphatic heterocycles. The highest BCUT2D eigenvalue weighted by Gasteiger charge is 2.18. The first kappa shape index (κ1) is 23.9. The molecule has 0 spiro atoms. The Hall–Kier alpha value is -2.74. The smallest absolute Gasteiger partial charge is 0.265 e. The molecular formula is C23H22Cl2N2O4S. The van der Waals surface area contributed by atoms with Crippen LogP contribution in [0.25, 0.3) is 0 Å². The van der Waals surface area contributed by atoms with Crippen LogP contribution in [0.3, 0.4) is 0 Å². The van der Waals surface area contributed by atoms with Crippen LogP contribution in [0.1, 0.15) is 18.1 Å². The van der Waals surface area contributed by atoms with Crippen LogP contribution in [0.4, 0.5) is 11.4 Å². The van der Waals surface area contributed by atoms with E-state index >= 15 is 0 Å². The number of benzene rings is 3. The summed E-state index contributed by atoms with van der Waals surface area (Å²) in [4.78, 5) is 12.5. The van der Waals surface area contributed by atoms with Gasteiger partial charge in [-0.2, -0.15) is 0 Å². The maximum absolute atomic E-state index is 12.6. The number of halogens is 2. The van der Waals surface area contributed by atoms with Gasteiger partial charge in [-0.15, -0.1) is 0 Å². The lowest BCUT2D eigenvalue weighted by Crippen LogP contribution is -2.30. The topological polar surface area (TPSA) is 84.5 Å². The molecule has 32 heavy (non-hydrogen) atoms. The van der Waals surface area contributed by atoms with Crippen LogP contribution < -0.4 is 14.8 Å². The molecule has 0 heterocycles. The third kappa shape index (κ3) is 6.16. The van der Waals surface area contributed by atoms with E-state index in [1.165, 1.54) is 42.5 Å². The molecule has 0 aromatic heterocycles. The first-order valence-electron chi connectivity index (χ1n) is 9.67. The SMILES string of the molecule is Cc1ccc(OC(C)C(=O)Nc2ccc(S(=O)(=O)Nc3cc(Cl)cc(Cl)c3)cc2)c(C)c1. The summed E-state index contributed by atoms with van der Waals surface area (Å²) in [5.74, 6) is 0.277. The predicted octanol–water partition coefficient (Wildman–Crippen LogP) is 5.82. The fourth-order valence-electron chi connectivity index (χ4n) is 2.96. The molecule has 3 aromatic carbocycles. The van der Waals surface area contributed by atoms with Crippen molar-refractivity contribution in [1.82, 2.24) is 0 Å². The van der Waals surface area contributed by atoms with Crippen molar-refractivity contribution in [2.45, 2.75) is 31.8 Å². The van der Waals surface area contributed by atoms with Gasteiger partial charge in [0, 0.05) is 15.7 Å². The van der Waals surface area contributed by atoms with Crippen LogP contribution in [-0.2, 0) is 14.8 Å². The second-order valence-electron chi connectivity index (χ2n) is 7.31. The largest absolute Gasteiger partial charge is 0.481 e. The number of carbonyl (C=O) groups is 1. The van der Waals surface area contributed by atoms with E-state index in [-0.39, 0.29) is 16.5 Å². The van der Waals surface area contributed by atoms with Crippen molar-refractivity contribution in [1.29, 1.82) is 0 Å². The van der Waals surface area contributed by atoms with Crippen molar-refractivity contribution < 1.29 is 17.9 Å². The zero-order valence-corrected chi connectivity index (χ0v) is 20.0. The van der Waals surface area contributed by atoms with Crippen LogP contribution in [0.5, 0.6) is 5.75 Å². The van der Waals surface area contributed by atoms with Gasteiger partial charge in [0.25, 0.3) is 15.9 Å². The van der Waals surface area contributed by atoms with E-state index in [1.807, 2.05) is 32.0 Å². The number of amides is 1. The molecule has 3 rings (SSSR count). The fourth-order valence-corrected chi connectivity index (χ4v) is 4.53. The average molecular weight is 493 g/mol. The lowest BCUT2D eigenvalue weighted by molar-refractivity contribution is -0.122. The van der Waals surface area contributed by atoms with Gasteiger partial charge in [0.05, 0.1) is 10.6 Å². The van der Waals surface area contributed by atoms with Crippen molar-refractivity contribution in [3.63, 3.8) is 0 Å². The first-order chi connectivity index (χ1) is 15.0. The summed E-state index contributed by atoms with van der Waals surface area (Å²) in [5.41, 5.74) is 2.73. The van der Waals surface area contributed by atoms with E-state index in [2.05, 4.69) is 10.0 Å². The van der Waals surface area contributed by atoms with Crippen molar-refractivity contribution in [3.05, 3.63) is 81.8 Å². The summed E-state index contributed by atoms with van der Waals surface area (Å²) in [6.45, 7) is 5.54. The van der Waals surface area contributed by atoms with Crippen molar-refractivity contribution in [2.75, 3.05) is 10.0 Å². The number of carbonyl (C=O) groups excluding carboxylic acids is 1. The highest BCUT2D eigenvalue weighted by molar-refractivity contribution is 7.92. The van der Waals surface area contributed by atoms with E-state index in [1.54, 1.807) is 6.92 Å². The van der Waals surface area contributed by atoms with Gasteiger partial charge in [-0.3, -0.25) is 9.52 Å². The van der Waals surface area contributed by atoms with Gasteiger partial charge in [0.15, 0.2) is 6.10 Å². The summed E-state index contributed by atoms with van der Waals surface area (Å²) < 4.78 is 33.4. The highest BCUT2D eigenvalue weighted by Crippen LogP contribution is 2.25. The van der Waals surface area contributed by atoms with Gasteiger partial charge in [0.2, 0.25) is 0 Å². The second-order valence-corrected chi connectivity index (χ2v) is 9.86. The molecule has 1 atom stereocenters. The minimum Gasteiger partial charge on any atom is -0.481 e. The summed E-state index contributed by atoms with van der Waals surface area (Å²) in [6, 6.07) is 15.9. The van der Waals surface area contributed by atoms with Gasteiger partial charge >= 0.3 is 0 Å². The van der Waals surface area contributed by atoms with E-state index in [0.29, 0.717) is 21.5 Å². The highest BCUT2D eigenvalue weighted by atomic mass is 35.5. The second kappa shape index (κ2) is 9.81. The number of rotatable bonds is 7. The molecule has 3 aromatic rings. The third-order valence-electron chi connectivity index (χ3n) is 4.55. The summed E-state index contributed by atoms with van der Waals surface area (Å²) in [6.07, 6.45) is -0.742. The number of ether oxygens (including phenoxy) is 1. The van der Waals surface area contributed by atoms with Gasteiger partial charge in [-0.05, 0) is 74.9 Å². The van der Waals surface area contributed by atoms with Crippen molar-refractivity contribution >= 4 is 50.5 Å². The lowest BCUT2D eigenvalue weighted by Gasteiger charge is -2.17. The number of nitrogens with one attached hydrogen (secondary N) is 2. The number of anilines is 2. The molecule has 0 fully saturated rings. The predicted molar refractivity (Wildman–Crippen MR) is 128 cm³/mol. The monoisotopic (exact) mass is 492 g/mol. The standard InChI is InChI=1S/C23H22Cl2N2O4S/c1-14-4-9-22(15(2)10-14)31-16(3)23(28)26-19-5-7-21(8-6-19)32(29,30)27-20-12-17(24)11-18(25)13-20/h4-13,16,27H,1-3H3,(H,26,28). The Kier molecular flexibility index (Phi) is 7.33. The van der Waals surface area contributed by atoms with Crippen LogP contribution in [0.15, 0.2) is 65.6 Å². The molecule has 0 bridgehead atoms. The molecule has 1 unspecified atom stereocenters. The normalized spacial score (nSPS) is 12.2. The average Bonchev–Trinajstić information content (AvgIpc) is 2.69. The number of aryl methyl sites for hydroxylation is 2. The maximum atomic E-state index is 12.6. The molecule has 1 amide bonds. The Morgan fingerprint density at radius 2 is 1.53 bits per heavy atom. The molecule has 0 saturated carbocycles. The summed E-state index contributed by atoms with van der Waals surface area (Å²) in [7, 11) is -3.86. The zero-order valence-electron chi connectivity index (χ0n) is 17.6. The van der Waals surface area contributed by atoms with E-state index in [9.17, 15) is 13.2 Å². The van der Waals surface area contributed by atoms with Crippen LogP contribution in [-0.4, -0.2) is 20.4 Å². The number of sulfonamides is 1. The summed E-state index contributed by atoms with van der Waals surface area (Å²) in [5, 5.41) is 3.34. The quantitative estimate of drug-likeness (QED) is 0.435. The van der Waals surface area contributed by atoms with Gasteiger partial charge in [0.1, 0.15) is 5.75 Å². The van der Waals surface area contributed by atoms with E-state index in [0.717, 1.165) is 11.1 Å². The number of hydrogen-bond donors (Lipinski definition) is 2. The van der Waals surface area contributed by atoms with Gasteiger partial charge in [-0.1, -0.05) is 40.9 Å². The lowest BCUT2D eigenvalue weighted by atomic mass is 10.1. The minimum absolute atomic E-state index is 0.0196. The molecule has 9 heteroatoms. The van der Waals surface area contributed by atoms with Crippen molar-refractivity contribution in [3.8, 4) is 5.75 Å². The molecule has 168 valence electrons. The van der Waals surface area contributed by atoms with Gasteiger partial charge in [-0.25, -0.2) is 8.42 Å². The maximum Gasteiger partial charge on any atom is 0.265 e. The number of hydrogen-bond acceptors (Lipinski definition) is 4. The Balaban J connectivity index is 1.66. The van der Waals surface area contributed by atoms with Crippen LogP contribution >= 0.6 is 23.2 Å². The van der Waals surface area contributed by atoms with E-state index in [4.69, 9.17) is 27.9 Å². The first-order valence-corrected chi connectivity index (χ1v) is 11.9. The molecule has 2 N–H and O–H groups in total. The fraction of sp³-hybridized carbons (Fsp3) is 0.174.